The van der Waals surface area contributed by atoms with Gasteiger partial charge in [0.1, 0.15) is 0 Å². The first-order chi connectivity index (χ1) is 7.27. The van der Waals surface area contributed by atoms with Crippen molar-refractivity contribution in [2.24, 2.45) is 22.7 Å². The van der Waals surface area contributed by atoms with E-state index >= 15 is 0 Å². The predicted octanol–water partition coefficient (Wildman–Crippen LogP) is 2.17. The third-order valence-corrected chi connectivity index (χ3v) is 3.75. The lowest BCUT2D eigenvalue weighted by Gasteiger charge is -2.36. The number of hydrazone groups is 1. The Morgan fingerprint density at radius 1 is 1.27 bits per heavy atom. The fraction of sp³-hybridized carbons (Fsp3) is 0.818. The van der Waals surface area contributed by atoms with Crippen molar-refractivity contribution in [2.45, 2.75) is 44.9 Å². The van der Waals surface area contributed by atoms with Crippen LogP contribution in [0, 0.1) is 11.8 Å². The SMILES string of the molecule is NC(=S)N/N=C1/CCCC2CCCC[C@@H]12. The van der Waals surface area contributed by atoms with Crippen molar-refractivity contribution in [3.05, 3.63) is 0 Å². The van der Waals surface area contributed by atoms with E-state index in [2.05, 4.69) is 10.5 Å². The quantitative estimate of drug-likeness (QED) is 0.531. The van der Waals surface area contributed by atoms with Gasteiger partial charge in [0.2, 0.25) is 0 Å². The van der Waals surface area contributed by atoms with Crippen molar-refractivity contribution < 1.29 is 0 Å². The molecule has 4 heteroatoms. The fourth-order valence-corrected chi connectivity index (χ4v) is 3.03. The molecule has 0 heterocycles. The van der Waals surface area contributed by atoms with Gasteiger partial charge in [-0.25, -0.2) is 0 Å². The van der Waals surface area contributed by atoms with Gasteiger partial charge in [-0.1, -0.05) is 12.8 Å². The lowest BCUT2D eigenvalue weighted by molar-refractivity contribution is 0.260. The molecule has 3 nitrogen and oxygen atoms in total. The van der Waals surface area contributed by atoms with Crippen LogP contribution >= 0.6 is 12.2 Å². The summed E-state index contributed by atoms with van der Waals surface area (Å²) >= 11 is 4.77. The second-order valence-electron chi connectivity index (χ2n) is 4.62. The Balaban J connectivity index is 2.03. The molecule has 2 fully saturated rings. The third-order valence-electron chi connectivity index (χ3n) is 3.65. The lowest BCUT2D eigenvalue weighted by atomic mass is 9.70. The summed E-state index contributed by atoms with van der Waals surface area (Å²) in [6.45, 7) is 0. The summed E-state index contributed by atoms with van der Waals surface area (Å²) < 4.78 is 0. The first kappa shape index (κ1) is 10.9. The van der Waals surface area contributed by atoms with E-state index in [1.165, 1.54) is 44.2 Å². The van der Waals surface area contributed by atoms with Crippen LogP contribution in [0.3, 0.4) is 0 Å². The molecule has 0 aromatic rings. The number of hydrogen-bond donors (Lipinski definition) is 2. The molecule has 1 unspecified atom stereocenters. The van der Waals surface area contributed by atoms with Crippen molar-refractivity contribution >= 4 is 23.0 Å². The van der Waals surface area contributed by atoms with Crippen LogP contribution in [0.4, 0.5) is 0 Å². The minimum absolute atomic E-state index is 0.278. The number of fused-ring (bicyclic) bond motifs is 1. The standard InChI is InChI=1S/C11H19N3S/c12-11(15)14-13-10-7-3-5-8-4-1-2-6-9(8)10/h8-9H,1-7H2,(H3,12,14,15)/b13-10-/t8?,9-/m1/s1. The maximum absolute atomic E-state index is 5.39. The Labute approximate surface area is 96.5 Å². The van der Waals surface area contributed by atoms with Crippen molar-refractivity contribution in [1.82, 2.24) is 5.43 Å². The minimum Gasteiger partial charge on any atom is -0.375 e. The molecule has 0 aromatic heterocycles. The Bertz CT molecular complexity index is 273. The average molecular weight is 225 g/mol. The zero-order valence-corrected chi connectivity index (χ0v) is 9.85. The summed E-state index contributed by atoms with van der Waals surface area (Å²) in [7, 11) is 0. The van der Waals surface area contributed by atoms with Crippen LogP contribution in [0.5, 0.6) is 0 Å². The highest BCUT2D eigenvalue weighted by molar-refractivity contribution is 7.80. The molecule has 2 aliphatic rings. The summed E-state index contributed by atoms with van der Waals surface area (Å²) in [4.78, 5) is 0. The first-order valence-electron chi connectivity index (χ1n) is 5.89. The molecular weight excluding hydrogens is 206 g/mol. The summed E-state index contributed by atoms with van der Waals surface area (Å²) in [5.74, 6) is 1.58. The number of nitrogens with zero attached hydrogens (tertiary/aromatic N) is 1. The van der Waals surface area contributed by atoms with Crippen LogP contribution in [0.1, 0.15) is 44.9 Å². The van der Waals surface area contributed by atoms with Crippen LogP contribution in [0.2, 0.25) is 0 Å². The van der Waals surface area contributed by atoms with Gasteiger partial charge < -0.3 is 5.73 Å². The summed E-state index contributed by atoms with van der Waals surface area (Å²) in [6.07, 6.45) is 9.23. The molecule has 2 rings (SSSR count). The van der Waals surface area contributed by atoms with Gasteiger partial charge in [0.05, 0.1) is 0 Å². The Hall–Kier alpha value is -0.640. The van der Waals surface area contributed by atoms with Gasteiger partial charge in [-0.3, -0.25) is 5.43 Å². The molecule has 2 aliphatic carbocycles. The fourth-order valence-electron chi connectivity index (χ4n) is 2.99. The van der Waals surface area contributed by atoms with E-state index in [0.29, 0.717) is 5.92 Å². The second kappa shape index (κ2) is 4.92. The van der Waals surface area contributed by atoms with Gasteiger partial charge in [0.25, 0.3) is 0 Å². The molecule has 0 amide bonds. The molecule has 0 saturated heterocycles. The summed E-state index contributed by atoms with van der Waals surface area (Å²) in [6, 6.07) is 0. The topological polar surface area (TPSA) is 50.4 Å². The molecule has 0 radical (unpaired) electrons. The van der Waals surface area contributed by atoms with Crippen LogP contribution in [-0.2, 0) is 0 Å². The minimum atomic E-state index is 0.278. The Morgan fingerprint density at radius 3 is 2.80 bits per heavy atom. The molecule has 2 saturated carbocycles. The van der Waals surface area contributed by atoms with Gasteiger partial charge in [0, 0.05) is 11.6 Å². The van der Waals surface area contributed by atoms with Crippen LogP contribution < -0.4 is 11.2 Å². The van der Waals surface area contributed by atoms with E-state index in [1.54, 1.807) is 0 Å². The largest absolute Gasteiger partial charge is 0.375 e. The average Bonchev–Trinajstić information content (AvgIpc) is 2.26. The van der Waals surface area contributed by atoms with Gasteiger partial charge in [0.15, 0.2) is 5.11 Å². The number of nitrogens with two attached hydrogens (primary N) is 1. The highest BCUT2D eigenvalue weighted by Gasteiger charge is 2.32. The zero-order chi connectivity index (χ0) is 10.7. The molecule has 0 aliphatic heterocycles. The lowest BCUT2D eigenvalue weighted by Crippen LogP contribution is -2.34. The van der Waals surface area contributed by atoms with E-state index in [1.807, 2.05) is 0 Å². The summed E-state index contributed by atoms with van der Waals surface area (Å²) in [5, 5.41) is 4.65. The highest BCUT2D eigenvalue weighted by atomic mass is 32.1. The van der Waals surface area contributed by atoms with E-state index in [0.717, 1.165) is 12.3 Å². The monoisotopic (exact) mass is 225 g/mol. The number of nitrogens with one attached hydrogen (secondary N) is 1. The molecule has 84 valence electrons. The molecule has 15 heavy (non-hydrogen) atoms. The predicted molar refractivity (Wildman–Crippen MR) is 66.7 cm³/mol. The van der Waals surface area contributed by atoms with E-state index in [-0.39, 0.29) is 5.11 Å². The van der Waals surface area contributed by atoms with Gasteiger partial charge in [-0.05, 0) is 50.2 Å². The number of hydrogen-bond acceptors (Lipinski definition) is 2. The number of rotatable bonds is 1. The highest BCUT2D eigenvalue weighted by Crippen LogP contribution is 2.38. The molecular formula is C11H19N3S. The molecule has 3 N–H and O–H groups in total. The van der Waals surface area contributed by atoms with Gasteiger partial charge in [-0.15, -0.1) is 0 Å². The number of thiocarbonyl (C=S) groups is 1. The normalized spacial score (nSPS) is 33.5. The maximum Gasteiger partial charge on any atom is 0.184 e. The van der Waals surface area contributed by atoms with Crippen LogP contribution in [0.15, 0.2) is 5.10 Å². The first-order valence-corrected chi connectivity index (χ1v) is 6.30. The smallest absolute Gasteiger partial charge is 0.184 e. The molecule has 0 aromatic carbocycles. The Morgan fingerprint density at radius 2 is 2.00 bits per heavy atom. The van der Waals surface area contributed by atoms with Crippen molar-refractivity contribution in [3.8, 4) is 0 Å². The van der Waals surface area contributed by atoms with Crippen molar-refractivity contribution in [2.75, 3.05) is 0 Å². The third kappa shape index (κ3) is 2.68. The summed E-state index contributed by atoms with van der Waals surface area (Å²) in [5.41, 5.74) is 9.44. The Kier molecular flexibility index (Phi) is 3.57. The van der Waals surface area contributed by atoms with E-state index in [9.17, 15) is 0 Å². The molecule has 2 atom stereocenters. The van der Waals surface area contributed by atoms with Crippen molar-refractivity contribution in [1.29, 1.82) is 0 Å². The zero-order valence-electron chi connectivity index (χ0n) is 9.04. The second-order valence-corrected chi connectivity index (χ2v) is 5.06. The van der Waals surface area contributed by atoms with Crippen molar-refractivity contribution in [3.63, 3.8) is 0 Å². The van der Waals surface area contributed by atoms with Crippen LogP contribution in [0.25, 0.3) is 0 Å². The molecule has 0 spiro atoms. The van der Waals surface area contributed by atoms with Crippen LogP contribution in [-0.4, -0.2) is 10.8 Å². The van der Waals surface area contributed by atoms with E-state index in [4.69, 9.17) is 18.0 Å². The molecule has 0 bridgehead atoms. The van der Waals surface area contributed by atoms with E-state index < -0.39 is 0 Å². The maximum atomic E-state index is 5.39. The van der Waals surface area contributed by atoms with Gasteiger partial charge >= 0.3 is 0 Å². The van der Waals surface area contributed by atoms with Gasteiger partial charge in [-0.2, -0.15) is 5.10 Å².